The number of nitrogens with two attached hydrogens (primary N) is 1. The normalized spacial score (nSPS) is 30.4. The van der Waals surface area contributed by atoms with Gasteiger partial charge in [0.05, 0.1) is 5.56 Å². The number of fused-ring (bicyclic) bond motifs is 1. The number of nitrogens with zero attached hydrogens (tertiary/aromatic N) is 2. The molecule has 0 bridgehead atoms. The summed E-state index contributed by atoms with van der Waals surface area (Å²) in [7, 11) is 0. The van der Waals surface area contributed by atoms with Gasteiger partial charge in [-0.3, -0.25) is 0 Å². The van der Waals surface area contributed by atoms with Gasteiger partial charge in [-0.15, -0.1) is 0 Å². The molecule has 0 radical (unpaired) electrons. The lowest BCUT2D eigenvalue weighted by atomic mass is 9.78. The zero-order chi connectivity index (χ0) is 14.3. The molecule has 20 heavy (non-hydrogen) atoms. The Bertz CT molecular complexity index is 489. The molecule has 0 aromatic carbocycles. The summed E-state index contributed by atoms with van der Waals surface area (Å²) < 4.78 is 39.2. The van der Waals surface area contributed by atoms with Gasteiger partial charge in [0.2, 0.25) is 0 Å². The van der Waals surface area contributed by atoms with E-state index in [1.54, 1.807) is 4.90 Å². The van der Waals surface area contributed by atoms with Gasteiger partial charge in [0.15, 0.2) is 0 Å². The number of rotatable bonds is 1. The molecular formula is C14H18F3N3. The molecule has 2 fully saturated rings. The minimum absolute atomic E-state index is 0.0570. The summed E-state index contributed by atoms with van der Waals surface area (Å²) in [6.07, 6.45) is 0.170. The van der Waals surface area contributed by atoms with Crippen LogP contribution in [-0.2, 0) is 6.18 Å². The average Bonchev–Trinajstić information content (AvgIpc) is 2.83. The van der Waals surface area contributed by atoms with Crippen molar-refractivity contribution in [3.63, 3.8) is 0 Å². The number of hydrogen-bond acceptors (Lipinski definition) is 3. The van der Waals surface area contributed by atoms with Crippen LogP contribution in [-0.4, -0.2) is 24.1 Å². The lowest BCUT2D eigenvalue weighted by molar-refractivity contribution is -0.137. The molecule has 2 heterocycles. The summed E-state index contributed by atoms with van der Waals surface area (Å²) in [5.74, 6) is 0.760. The SMILES string of the molecule is NC1CCCC2CN(c3ncccc3C(F)(F)F)CC12. The fourth-order valence-electron chi connectivity index (χ4n) is 3.56. The maximum Gasteiger partial charge on any atom is 0.419 e. The molecular weight excluding hydrogens is 267 g/mol. The Kier molecular flexibility index (Phi) is 3.36. The monoisotopic (exact) mass is 285 g/mol. The van der Waals surface area contributed by atoms with Crippen molar-refractivity contribution in [1.82, 2.24) is 4.98 Å². The number of anilines is 1. The molecule has 1 aliphatic heterocycles. The third kappa shape index (κ3) is 2.37. The number of hydrogen-bond donors (Lipinski definition) is 1. The second kappa shape index (κ2) is 4.91. The molecule has 6 heteroatoms. The summed E-state index contributed by atoms with van der Waals surface area (Å²) in [5, 5.41) is 0. The van der Waals surface area contributed by atoms with E-state index in [0.29, 0.717) is 24.9 Å². The number of pyridine rings is 1. The Morgan fingerprint density at radius 3 is 2.75 bits per heavy atom. The van der Waals surface area contributed by atoms with Crippen LogP contribution in [0.15, 0.2) is 18.3 Å². The largest absolute Gasteiger partial charge is 0.419 e. The molecule has 1 saturated carbocycles. The third-order valence-corrected chi connectivity index (χ3v) is 4.55. The van der Waals surface area contributed by atoms with Crippen LogP contribution in [0.1, 0.15) is 24.8 Å². The van der Waals surface area contributed by atoms with Gasteiger partial charge in [-0.25, -0.2) is 4.98 Å². The predicted molar refractivity (Wildman–Crippen MR) is 70.3 cm³/mol. The van der Waals surface area contributed by atoms with Gasteiger partial charge < -0.3 is 10.6 Å². The van der Waals surface area contributed by atoms with Crippen molar-refractivity contribution >= 4 is 5.82 Å². The van der Waals surface area contributed by atoms with Crippen LogP contribution in [0.4, 0.5) is 19.0 Å². The van der Waals surface area contributed by atoms with Gasteiger partial charge in [-0.2, -0.15) is 13.2 Å². The second-order valence-electron chi connectivity index (χ2n) is 5.80. The quantitative estimate of drug-likeness (QED) is 0.862. The van der Waals surface area contributed by atoms with E-state index in [0.717, 1.165) is 25.3 Å². The first-order chi connectivity index (χ1) is 9.47. The van der Waals surface area contributed by atoms with Crippen molar-refractivity contribution in [2.24, 2.45) is 17.6 Å². The Balaban J connectivity index is 1.88. The highest BCUT2D eigenvalue weighted by Crippen LogP contribution is 2.41. The smallest absolute Gasteiger partial charge is 0.355 e. The first-order valence-corrected chi connectivity index (χ1v) is 6.99. The van der Waals surface area contributed by atoms with Crippen molar-refractivity contribution in [3.8, 4) is 0 Å². The Morgan fingerprint density at radius 1 is 1.25 bits per heavy atom. The van der Waals surface area contributed by atoms with Gasteiger partial charge in [-0.1, -0.05) is 6.42 Å². The molecule has 0 spiro atoms. The number of halogens is 3. The zero-order valence-corrected chi connectivity index (χ0v) is 11.1. The molecule has 3 unspecified atom stereocenters. The van der Waals surface area contributed by atoms with E-state index in [2.05, 4.69) is 4.98 Å². The van der Waals surface area contributed by atoms with Crippen LogP contribution >= 0.6 is 0 Å². The fraction of sp³-hybridized carbons (Fsp3) is 0.643. The van der Waals surface area contributed by atoms with Crippen LogP contribution < -0.4 is 10.6 Å². The first kappa shape index (κ1) is 13.7. The Morgan fingerprint density at radius 2 is 2.05 bits per heavy atom. The van der Waals surface area contributed by atoms with Gasteiger partial charge >= 0.3 is 6.18 Å². The molecule has 3 nitrogen and oxygen atoms in total. The Hall–Kier alpha value is -1.30. The number of aromatic nitrogens is 1. The lowest BCUT2D eigenvalue weighted by Crippen LogP contribution is -2.38. The van der Waals surface area contributed by atoms with Crippen molar-refractivity contribution in [3.05, 3.63) is 23.9 Å². The summed E-state index contributed by atoms with van der Waals surface area (Å²) in [4.78, 5) is 5.74. The number of alkyl halides is 3. The van der Waals surface area contributed by atoms with E-state index >= 15 is 0 Å². The molecule has 110 valence electrons. The van der Waals surface area contributed by atoms with Gasteiger partial charge in [0, 0.05) is 25.3 Å². The first-order valence-electron chi connectivity index (χ1n) is 6.99. The minimum atomic E-state index is -4.36. The molecule has 1 saturated heterocycles. The molecule has 3 rings (SSSR count). The van der Waals surface area contributed by atoms with Crippen molar-refractivity contribution in [1.29, 1.82) is 0 Å². The topological polar surface area (TPSA) is 42.1 Å². The molecule has 1 aromatic rings. The highest BCUT2D eigenvalue weighted by Gasteiger charge is 2.42. The van der Waals surface area contributed by atoms with Crippen LogP contribution in [0.25, 0.3) is 0 Å². The molecule has 1 aliphatic carbocycles. The third-order valence-electron chi connectivity index (χ3n) is 4.55. The molecule has 3 atom stereocenters. The van der Waals surface area contributed by atoms with E-state index in [1.165, 1.54) is 12.3 Å². The van der Waals surface area contributed by atoms with Gasteiger partial charge in [-0.05, 0) is 36.8 Å². The van der Waals surface area contributed by atoms with E-state index in [1.807, 2.05) is 0 Å². The van der Waals surface area contributed by atoms with E-state index in [9.17, 15) is 13.2 Å². The van der Waals surface area contributed by atoms with E-state index in [-0.39, 0.29) is 11.9 Å². The summed E-state index contributed by atoms with van der Waals surface area (Å²) >= 11 is 0. The van der Waals surface area contributed by atoms with Crippen LogP contribution in [0.3, 0.4) is 0 Å². The highest BCUT2D eigenvalue weighted by atomic mass is 19.4. The minimum Gasteiger partial charge on any atom is -0.355 e. The average molecular weight is 285 g/mol. The molecule has 0 amide bonds. The van der Waals surface area contributed by atoms with Crippen molar-refractivity contribution in [2.45, 2.75) is 31.5 Å². The van der Waals surface area contributed by atoms with Crippen LogP contribution in [0.2, 0.25) is 0 Å². The van der Waals surface area contributed by atoms with E-state index in [4.69, 9.17) is 5.73 Å². The van der Waals surface area contributed by atoms with Gasteiger partial charge in [0.25, 0.3) is 0 Å². The maximum absolute atomic E-state index is 13.1. The zero-order valence-electron chi connectivity index (χ0n) is 11.1. The maximum atomic E-state index is 13.1. The van der Waals surface area contributed by atoms with Gasteiger partial charge in [0.1, 0.15) is 5.82 Å². The lowest BCUT2D eigenvalue weighted by Gasteiger charge is -2.29. The molecule has 2 N–H and O–H groups in total. The molecule has 2 aliphatic rings. The summed E-state index contributed by atoms with van der Waals surface area (Å²) in [5.41, 5.74) is 5.47. The molecule has 1 aromatic heterocycles. The van der Waals surface area contributed by atoms with Crippen molar-refractivity contribution in [2.75, 3.05) is 18.0 Å². The highest BCUT2D eigenvalue weighted by molar-refractivity contribution is 5.49. The fourth-order valence-corrected chi connectivity index (χ4v) is 3.56. The Labute approximate surface area is 116 Å². The second-order valence-corrected chi connectivity index (χ2v) is 5.80. The van der Waals surface area contributed by atoms with E-state index < -0.39 is 11.7 Å². The van der Waals surface area contributed by atoms with Crippen molar-refractivity contribution < 1.29 is 13.2 Å². The standard InChI is InChI=1S/C14H18F3N3/c15-14(16,17)11-4-2-6-19-13(11)20-7-9-3-1-5-12(18)10(9)8-20/h2,4,6,9-10,12H,1,3,5,7-8,18H2. The summed E-state index contributed by atoms with van der Waals surface area (Å²) in [6.45, 7) is 1.23. The van der Waals surface area contributed by atoms with Crippen LogP contribution in [0.5, 0.6) is 0 Å². The summed E-state index contributed by atoms with van der Waals surface area (Å²) in [6, 6.07) is 2.54. The predicted octanol–water partition coefficient (Wildman–Crippen LogP) is 2.66. The van der Waals surface area contributed by atoms with Crippen LogP contribution in [0, 0.1) is 11.8 Å².